The second kappa shape index (κ2) is 6.35. The van der Waals surface area contributed by atoms with Crippen LogP contribution in [0.4, 0.5) is 17.1 Å². The molecule has 0 unspecified atom stereocenters. The van der Waals surface area contributed by atoms with Gasteiger partial charge in [-0.1, -0.05) is 17.7 Å². The normalized spacial score (nSPS) is 17.3. The monoisotopic (exact) mass is 323 g/mol. The summed E-state index contributed by atoms with van der Waals surface area (Å²) >= 11 is 0. The van der Waals surface area contributed by atoms with Crippen molar-refractivity contribution in [2.45, 2.75) is 19.4 Å². The predicted molar refractivity (Wildman–Crippen MR) is 96.5 cm³/mol. The summed E-state index contributed by atoms with van der Waals surface area (Å²) in [4.78, 5) is 28.2. The Kier molecular flexibility index (Phi) is 4.25. The number of hydrogen-bond donors (Lipinski definition) is 1. The maximum atomic E-state index is 12.6. The number of hydrogen-bond acceptors (Lipinski definition) is 4. The van der Waals surface area contributed by atoms with Gasteiger partial charge >= 0.3 is 0 Å². The molecule has 24 heavy (non-hydrogen) atoms. The van der Waals surface area contributed by atoms with E-state index in [0.717, 1.165) is 16.9 Å². The molecule has 0 aromatic heterocycles. The van der Waals surface area contributed by atoms with Crippen molar-refractivity contribution in [3.63, 3.8) is 0 Å². The lowest BCUT2D eigenvalue weighted by Gasteiger charge is -2.17. The van der Waals surface area contributed by atoms with Gasteiger partial charge in [0.05, 0.1) is 12.1 Å². The molecule has 2 aromatic rings. The van der Waals surface area contributed by atoms with Crippen LogP contribution in [0.3, 0.4) is 0 Å². The largest absolute Gasteiger partial charge is 0.378 e. The van der Waals surface area contributed by atoms with Gasteiger partial charge in [-0.3, -0.25) is 9.59 Å². The van der Waals surface area contributed by atoms with Crippen molar-refractivity contribution >= 4 is 28.9 Å². The summed E-state index contributed by atoms with van der Waals surface area (Å²) in [6.07, 6.45) is 0.169. The molecule has 1 aliphatic rings. The number of nitrogens with one attached hydrogen (secondary N) is 1. The minimum atomic E-state index is -0.524. The molecule has 0 aliphatic carbocycles. The van der Waals surface area contributed by atoms with E-state index in [4.69, 9.17) is 0 Å². The summed E-state index contributed by atoms with van der Waals surface area (Å²) in [5.41, 5.74) is 3.63. The zero-order valence-electron chi connectivity index (χ0n) is 14.1. The average Bonchev–Trinajstić information content (AvgIpc) is 2.83. The van der Waals surface area contributed by atoms with Gasteiger partial charge in [-0.2, -0.15) is 0 Å². The van der Waals surface area contributed by atoms with Crippen molar-refractivity contribution in [1.82, 2.24) is 0 Å². The molecular weight excluding hydrogens is 302 g/mol. The molecule has 2 amide bonds. The van der Waals surface area contributed by atoms with Crippen molar-refractivity contribution in [2.24, 2.45) is 0 Å². The first-order valence-corrected chi connectivity index (χ1v) is 7.93. The summed E-state index contributed by atoms with van der Waals surface area (Å²) in [5, 5.41) is 3.17. The quantitative estimate of drug-likeness (QED) is 0.879. The fourth-order valence-corrected chi connectivity index (χ4v) is 2.77. The van der Waals surface area contributed by atoms with Crippen LogP contribution in [0.2, 0.25) is 0 Å². The highest BCUT2D eigenvalue weighted by Crippen LogP contribution is 2.25. The standard InChI is InChI=1S/C19H21N3O2/c1-13-4-8-16(9-5-13)22-18(23)12-17(19(22)24)20-14-6-10-15(11-7-14)21(2)3/h4-11,17,20H,12H2,1-3H3/t17-/m1/s1. The van der Waals surface area contributed by atoms with Crippen molar-refractivity contribution in [1.29, 1.82) is 0 Å². The summed E-state index contributed by atoms with van der Waals surface area (Å²) in [5.74, 6) is -0.383. The van der Waals surface area contributed by atoms with E-state index in [1.165, 1.54) is 4.90 Å². The molecule has 1 saturated heterocycles. The Morgan fingerprint density at radius 3 is 2.21 bits per heavy atom. The Morgan fingerprint density at radius 2 is 1.62 bits per heavy atom. The van der Waals surface area contributed by atoms with Gasteiger partial charge in [0.15, 0.2) is 0 Å². The van der Waals surface area contributed by atoms with Crippen LogP contribution in [-0.2, 0) is 9.59 Å². The number of carbonyl (C=O) groups is 2. The number of rotatable bonds is 4. The number of aryl methyl sites for hydroxylation is 1. The van der Waals surface area contributed by atoms with Crippen LogP contribution in [0.1, 0.15) is 12.0 Å². The lowest BCUT2D eigenvalue weighted by molar-refractivity contribution is -0.121. The van der Waals surface area contributed by atoms with E-state index >= 15 is 0 Å². The Bertz CT molecular complexity index is 751. The van der Waals surface area contributed by atoms with Gasteiger partial charge in [-0.25, -0.2) is 4.90 Å². The van der Waals surface area contributed by atoms with E-state index in [1.54, 1.807) is 12.1 Å². The molecule has 0 spiro atoms. The topological polar surface area (TPSA) is 52.7 Å². The first kappa shape index (κ1) is 16.1. The molecule has 5 heteroatoms. The smallest absolute Gasteiger partial charge is 0.256 e. The number of anilines is 3. The predicted octanol–water partition coefficient (Wildman–Crippen LogP) is 2.81. The molecule has 1 N–H and O–H groups in total. The van der Waals surface area contributed by atoms with Crippen molar-refractivity contribution in [3.8, 4) is 0 Å². The highest BCUT2D eigenvalue weighted by molar-refractivity contribution is 6.23. The Balaban J connectivity index is 1.75. The molecule has 1 atom stereocenters. The zero-order chi connectivity index (χ0) is 17.3. The number of benzene rings is 2. The molecule has 3 rings (SSSR count). The van der Waals surface area contributed by atoms with Gasteiger partial charge in [0, 0.05) is 25.5 Å². The van der Waals surface area contributed by atoms with Crippen molar-refractivity contribution in [3.05, 3.63) is 54.1 Å². The van der Waals surface area contributed by atoms with E-state index in [-0.39, 0.29) is 18.2 Å². The third kappa shape index (κ3) is 3.11. The van der Waals surface area contributed by atoms with E-state index in [9.17, 15) is 9.59 Å². The van der Waals surface area contributed by atoms with E-state index in [0.29, 0.717) is 5.69 Å². The third-order valence-electron chi connectivity index (χ3n) is 4.16. The van der Waals surface area contributed by atoms with Gasteiger partial charge in [0.25, 0.3) is 5.91 Å². The first-order valence-electron chi connectivity index (χ1n) is 7.93. The molecule has 5 nitrogen and oxygen atoms in total. The van der Waals surface area contributed by atoms with Crippen LogP contribution in [0.15, 0.2) is 48.5 Å². The van der Waals surface area contributed by atoms with Crippen LogP contribution in [0, 0.1) is 6.92 Å². The van der Waals surface area contributed by atoms with Gasteiger partial charge in [-0.05, 0) is 43.3 Å². The van der Waals surface area contributed by atoms with Crippen molar-refractivity contribution in [2.75, 3.05) is 29.2 Å². The van der Waals surface area contributed by atoms with E-state index in [2.05, 4.69) is 5.32 Å². The fraction of sp³-hybridized carbons (Fsp3) is 0.263. The van der Waals surface area contributed by atoms with Gasteiger partial charge in [0.2, 0.25) is 5.91 Å². The minimum absolute atomic E-state index is 0.169. The maximum absolute atomic E-state index is 12.6. The maximum Gasteiger partial charge on any atom is 0.256 e. The first-order chi connectivity index (χ1) is 11.5. The molecular formula is C19H21N3O2. The van der Waals surface area contributed by atoms with Crippen molar-refractivity contribution < 1.29 is 9.59 Å². The van der Waals surface area contributed by atoms with Gasteiger partial charge in [0.1, 0.15) is 6.04 Å². The summed E-state index contributed by atoms with van der Waals surface area (Å²) in [7, 11) is 3.95. The number of carbonyl (C=O) groups excluding carboxylic acids is 2. The molecule has 1 aliphatic heterocycles. The Labute approximate surface area is 141 Å². The van der Waals surface area contributed by atoms with Gasteiger partial charge < -0.3 is 10.2 Å². The van der Waals surface area contributed by atoms with Crippen LogP contribution < -0.4 is 15.1 Å². The van der Waals surface area contributed by atoms with E-state index in [1.807, 2.05) is 62.3 Å². The van der Waals surface area contributed by atoms with Crippen LogP contribution in [0.5, 0.6) is 0 Å². The molecule has 2 aromatic carbocycles. The highest BCUT2D eigenvalue weighted by atomic mass is 16.2. The molecule has 0 bridgehead atoms. The lowest BCUT2D eigenvalue weighted by Crippen LogP contribution is -2.34. The second-order valence-corrected chi connectivity index (χ2v) is 6.25. The SMILES string of the molecule is Cc1ccc(N2C(=O)C[C@@H](Nc3ccc(N(C)C)cc3)C2=O)cc1. The van der Waals surface area contributed by atoms with Crippen LogP contribution >= 0.6 is 0 Å². The fourth-order valence-electron chi connectivity index (χ4n) is 2.77. The van der Waals surface area contributed by atoms with Crippen LogP contribution in [0.25, 0.3) is 0 Å². The molecule has 1 fully saturated rings. The lowest BCUT2D eigenvalue weighted by atomic mass is 10.2. The second-order valence-electron chi connectivity index (χ2n) is 6.25. The number of nitrogens with zero attached hydrogens (tertiary/aromatic N) is 2. The van der Waals surface area contributed by atoms with Gasteiger partial charge in [-0.15, -0.1) is 0 Å². The average molecular weight is 323 g/mol. The summed E-state index contributed by atoms with van der Waals surface area (Å²) < 4.78 is 0. The number of amides is 2. The molecule has 124 valence electrons. The Hall–Kier alpha value is -2.82. The molecule has 0 radical (unpaired) electrons. The zero-order valence-corrected chi connectivity index (χ0v) is 14.1. The molecule has 1 heterocycles. The minimum Gasteiger partial charge on any atom is -0.378 e. The Morgan fingerprint density at radius 1 is 1.00 bits per heavy atom. The van der Waals surface area contributed by atoms with E-state index < -0.39 is 6.04 Å². The summed E-state index contributed by atoms with van der Waals surface area (Å²) in [6, 6.07) is 14.7. The third-order valence-corrected chi connectivity index (χ3v) is 4.16. The van der Waals surface area contributed by atoms with Crippen LogP contribution in [-0.4, -0.2) is 32.0 Å². The number of imide groups is 1. The molecule has 0 saturated carbocycles. The summed E-state index contributed by atoms with van der Waals surface area (Å²) in [6.45, 7) is 1.97. The highest BCUT2D eigenvalue weighted by Gasteiger charge is 2.39.